The van der Waals surface area contributed by atoms with Gasteiger partial charge < -0.3 is 28.8 Å². The lowest BCUT2D eigenvalue weighted by Crippen LogP contribution is -2.62. The van der Waals surface area contributed by atoms with Gasteiger partial charge in [0.15, 0.2) is 18.5 Å². The minimum absolute atomic E-state index is 0.196. The fourth-order valence-corrected chi connectivity index (χ4v) is 3.17. The van der Waals surface area contributed by atoms with Gasteiger partial charge in [0.05, 0.1) is 0 Å². The third-order valence-electron chi connectivity index (χ3n) is 4.47. The van der Waals surface area contributed by atoms with Crippen LogP contribution in [0.2, 0.25) is 0 Å². The molecule has 5 atom stereocenters. The van der Waals surface area contributed by atoms with Gasteiger partial charge in [0.25, 0.3) is 0 Å². The van der Waals surface area contributed by atoms with Crippen LogP contribution in [-0.4, -0.2) is 66.9 Å². The highest BCUT2D eigenvalue weighted by molar-refractivity contribution is 5.67. The molecule has 9 nitrogen and oxygen atoms in total. The third kappa shape index (κ3) is 9.56. The summed E-state index contributed by atoms with van der Waals surface area (Å²) in [5, 5.41) is 10.3. The van der Waals surface area contributed by atoms with E-state index in [4.69, 9.17) is 23.7 Å². The second kappa shape index (κ2) is 13.5. The molecule has 1 fully saturated rings. The fourth-order valence-electron chi connectivity index (χ4n) is 3.17. The number of carbonyl (C=O) groups is 3. The van der Waals surface area contributed by atoms with Crippen LogP contribution in [0, 0.1) is 0 Å². The molecule has 1 aliphatic rings. The van der Waals surface area contributed by atoms with Crippen molar-refractivity contribution in [2.24, 2.45) is 0 Å². The van der Waals surface area contributed by atoms with Crippen molar-refractivity contribution in [3.05, 3.63) is 0 Å². The van der Waals surface area contributed by atoms with Crippen molar-refractivity contribution in [2.75, 3.05) is 13.2 Å². The van der Waals surface area contributed by atoms with Gasteiger partial charge in [0.2, 0.25) is 0 Å². The Hall–Kier alpha value is -1.71. The number of ether oxygens (including phenoxy) is 5. The third-order valence-corrected chi connectivity index (χ3v) is 4.47. The molecule has 0 aromatic rings. The predicted molar refractivity (Wildman–Crippen MR) is 102 cm³/mol. The molecule has 1 rings (SSSR count). The number of aliphatic hydroxyl groups is 1. The Balaban J connectivity index is 2.84. The average Bonchev–Trinajstić information content (AvgIpc) is 2.63. The molecule has 0 unspecified atom stereocenters. The van der Waals surface area contributed by atoms with Crippen molar-refractivity contribution >= 4 is 17.9 Å². The number of hydrogen-bond acceptors (Lipinski definition) is 9. The summed E-state index contributed by atoms with van der Waals surface area (Å²) in [5.41, 5.74) is 0. The normalized spacial score (nSPS) is 26.6. The molecule has 0 radical (unpaired) electrons. The highest BCUT2D eigenvalue weighted by Crippen LogP contribution is 2.28. The van der Waals surface area contributed by atoms with Crippen LogP contribution in [0.4, 0.5) is 0 Å². The second-order valence-electron chi connectivity index (χ2n) is 7.12. The first-order valence-electron chi connectivity index (χ1n) is 10.2. The van der Waals surface area contributed by atoms with E-state index in [9.17, 15) is 19.5 Å². The van der Waals surface area contributed by atoms with Crippen molar-refractivity contribution in [3.8, 4) is 0 Å². The molecule has 0 spiro atoms. The summed E-state index contributed by atoms with van der Waals surface area (Å²) < 4.78 is 26.8. The number of carbonyl (C=O) groups excluding carboxylic acids is 3. The van der Waals surface area contributed by atoms with E-state index in [-0.39, 0.29) is 6.61 Å². The Bertz CT molecular complexity index is 522. The molecule has 0 aliphatic carbocycles. The number of esters is 3. The lowest BCUT2D eigenvalue weighted by Gasteiger charge is -2.43. The van der Waals surface area contributed by atoms with E-state index >= 15 is 0 Å². The van der Waals surface area contributed by atoms with Crippen molar-refractivity contribution in [3.63, 3.8) is 0 Å². The molecule has 9 heteroatoms. The number of aliphatic hydroxyl groups excluding tert-OH is 1. The quantitative estimate of drug-likeness (QED) is 0.288. The summed E-state index contributed by atoms with van der Waals surface area (Å²) in [6, 6.07) is 0. The summed E-state index contributed by atoms with van der Waals surface area (Å²) in [5.74, 6) is -1.81. The lowest BCUT2D eigenvalue weighted by molar-refractivity contribution is -0.300. The summed E-state index contributed by atoms with van der Waals surface area (Å²) in [6.45, 7) is 5.94. The number of hydrogen-bond donors (Lipinski definition) is 1. The van der Waals surface area contributed by atoms with Gasteiger partial charge in [-0.3, -0.25) is 14.4 Å². The minimum Gasteiger partial charge on any atom is -0.463 e. The van der Waals surface area contributed by atoms with Crippen LogP contribution in [0.3, 0.4) is 0 Å². The zero-order chi connectivity index (χ0) is 21.8. The van der Waals surface area contributed by atoms with Crippen LogP contribution < -0.4 is 0 Å². The Labute approximate surface area is 172 Å². The van der Waals surface area contributed by atoms with E-state index in [0.717, 1.165) is 32.1 Å². The van der Waals surface area contributed by atoms with Gasteiger partial charge in [-0.1, -0.05) is 39.0 Å². The zero-order valence-electron chi connectivity index (χ0n) is 17.8. The molecule has 0 amide bonds. The SMILES string of the molecule is CCCCCCCCO[C@@H]1[C@H](OC(C)=O)[C@@H](OC(C)=O)[C@@H](O)O[C@@H]1COC(C)=O. The highest BCUT2D eigenvalue weighted by atomic mass is 16.7. The molecule has 168 valence electrons. The largest absolute Gasteiger partial charge is 0.463 e. The molecule has 0 aromatic heterocycles. The maximum absolute atomic E-state index is 11.6. The molecule has 0 aromatic carbocycles. The molecule has 0 bridgehead atoms. The molecule has 29 heavy (non-hydrogen) atoms. The number of rotatable bonds is 12. The van der Waals surface area contributed by atoms with Crippen LogP contribution in [0.25, 0.3) is 0 Å². The van der Waals surface area contributed by atoms with E-state index in [1.807, 2.05) is 0 Å². The van der Waals surface area contributed by atoms with Gasteiger partial charge in [-0.25, -0.2) is 0 Å². The first-order chi connectivity index (χ1) is 13.8. The first-order valence-corrected chi connectivity index (χ1v) is 10.2. The summed E-state index contributed by atoms with van der Waals surface area (Å²) >= 11 is 0. The van der Waals surface area contributed by atoms with Crippen LogP contribution in [0.1, 0.15) is 66.2 Å². The van der Waals surface area contributed by atoms with Crippen LogP contribution in [0.5, 0.6) is 0 Å². The molecule has 1 aliphatic heterocycles. The van der Waals surface area contributed by atoms with Crippen molar-refractivity contribution < 1.29 is 43.2 Å². The molecule has 0 saturated carbocycles. The second-order valence-corrected chi connectivity index (χ2v) is 7.12. The Morgan fingerprint density at radius 1 is 0.828 bits per heavy atom. The standard InChI is InChI=1S/C20H34O9/c1-5-6-7-8-9-10-11-25-17-16(12-26-13(2)21)29-20(24)19(28-15(4)23)18(17)27-14(3)22/h16-20,24H,5-12H2,1-4H3/t16-,17+,18+,19-,20+/m1/s1. The average molecular weight is 418 g/mol. The van der Waals surface area contributed by atoms with Gasteiger partial charge in [-0.05, 0) is 6.42 Å². The van der Waals surface area contributed by atoms with E-state index in [2.05, 4.69) is 6.92 Å². The van der Waals surface area contributed by atoms with E-state index in [1.165, 1.54) is 27.2 Å². The highest BCUT2D eigenvalue weighted by Gasteiger charge is 2.50. The Morgan fingerprint density at radius 3 is 2.00 bits per heavy atom. The van der Waals surface area contributed by atoms with Gasteiger partial charge in [0.1, 0.15) is 18.8 Å². The first kappa shape index (κ1) is 25.3. The van der Waals surface area contributed by atoms with Crippen molar-refractivity contribution in [2.45, 2.75) is 96.9 Å². The van der Waals surface area contributed by atoms with E-state index in [0.29, 0.717) is 6.61 Å². The Morgan fingerprint density at radius 2 is 1.41 bits per heavy atom. The van der Waals surface area contributed by atoms with Crippen LogP contribution >= 0.6 is 0 Å². The minimum atomic E-state index is -1.56. The molecule has 1 saturated heterocycles. The zero-order valence-corrected chi connectivity index (χ0v) is 17.8. The molecular weight excluding hydrogens is 384 g/mol. The maximum atomic E-state index is 11.6. The summed E-state index contributed by atoms with van der Waals surface area (Å²) in [6.07, 6.45) is 0.719. The van der Waals surface area contributed by atoms with Gasteiger partial charge in [0, 0.05) is 27.4 Å². The topological polar surface area (TPSA) is 118 Å². The van der Waals surface area contributed by atoms with Crippen molar-refractivity contribution in [1.82, 2.24) is 0 Å². The molecule has 1 heterocycles. The van der Waals surface area contributed by atoms with Crippen LogP contribution in [-0.2, 0) is 38.1 Å². The smallest absolute Gasteiger partial charge is 0.303 e. The van der Waals surface area contributed by atoms with E-state index in [1.54, 1.807) is 0 Å². The van der Waals surface area contributed by atoms with Crippen LogP contribution in [0.15, 0.2) is 0 Å². The van der Waals surface area contributed by atoms with E-state index < -0.39 is 48.6 Å². The Kier molecular flexibility index (Phi) is 11.8. The molecular formula is C20H34O9. The molecule has 1 N–H and O–H groups in total. The van der Waals surface area contributed by atoms with Gasteiger partial charge in [-0.15, -0.1) is 0 Å². The van der Waals surface area contributed by atoms with Gasteiger partial charge in [-0.2, -0.15) is 0 Å². The van der Waals surface area contributed by atoms with Gasteiger partial charge >= 0.3 is 17.9 Å². The predicted octanol–water partition coefficient (Wildman–Crippen LogP) is 1.88. The lowest BCUT2D eigenvalue weighted by atomic mass is 9.98. The summed E-state index contributed by atoms with van der Waals surface area (Å²) in [4.78, 5) is 34.3. The maximum Gasteiger partial charge on any atom is 0.303 e. The monoisotopic (exact) mass is 418 g/mol. The van der Waals surface area contributed by atoms with Crippen molar-refractivity contribution in [1.29, 1.82) is 0 Å². The summed E-state index contributed by atoms with van der Waals surface area (Å²) in [7, 11) is 0. The fraction of sp³-hybridized carbons (Fsp3) is 0.850. The number of unbranched alkanes of at least 4 members (excludes halogenated alkanes) is 5.